The van der Waals surface area contributed by atoms with Crippen LogP contribution in [0.2, 0.25) is 0 Å². The molecular formula is C29H29F3O3. The van der Waals surface area contributed by atoms with Crippen LogP contribution in [0.1, 0.15) is 67.8 Å². The van der Waals surface area contributed by atoms with Gasteiger partial charge in [-0.15, -0.1) is 0 Å². The lowest BCUT2D eigenvalue weighted by atomic mass is 9.77. The third-order valence-corrected chi connectivity index (χ3v) is 6.83. The van der Waals surface area contributed by atoms with Crippen molar-refractivity contribution in [2.24, 2.45) is 5.92 Å². The zero-order valence-electron chi connectivity index (χ0n) is 20.0. The van der Waals surface area contributed by atoms with Crippen molar-refractivity contribution in [2.45, 2.75) is 51.9 Å². The van der Waals surface area contributed by atoms with Crippen LogP contribution < -0.4 is 9.47 Å². The Morgan fingerprint density at radius 1 is 0.829 bits per heavy atom. The number of hydrogen-bond acceptors (Lipinski definition) is 3. The van der Waals surface area contributed by atoms with Crippen LogP contribution in [0.15, 0.2) is 54.6 Å². The summed E-state index contributed by atoms with van der Waals surface area (Å²) in [5.74, 6) is -2.99. The van der Waals surface area contributed by atoms with E-state index in [0.29, 0.717) is 29.2 Å². The summed E-state index contributed by atoms with van der Waals surface area (Å²) in [5, 5.41) is 0. The molecule has 0 heterocycles. The van der Waals surface area contributed by atoms with Gasteiger partial charge in [-0.1, -0.05) is 37.6 Å². The maximum Gasteiger partial charge on any atom is 0.343 e. The molecule has 0 aliphatic heterocycles. The van der Waals surface area contributed by atoms with Crippen LogP contribution in [-0.2, 0) is 0 Å². The first-order valence-corrected chi connectivity index (χ1v) is 12.1. The zero-order valence-corrected chi connectivity index (χ0v) is 20.0. The number of ether oxygens (including phenoxy) is 2. The minimum Gasteiger partial charge on any atom is -0.491 e. The predicted octanol–water partition coefficient (Wildman–Crippen LogP) is 8.07. The van der Waals surface area contributed by atoms with Crippen LogP contribution >= 0.6 is 0 Å². The third kappa shape index (κ3) is 5.53. The minimum atomic E-state index is -1.14. The summed E-state index contributed by atoms with van der Waals surface area (Å²) in [6.07, 6.45) is 4.80. The molecule has 0 aromatic heterocycles. The number of benzene rings is 3. The number of rotatable bonds is 7. The summed E-state index contributed by atoms with van der Waals surface area (Å²) >= 11 is 0. The van der Waals surface area contributed by atoms with Gasteiger partial charge in [0, 0.05) is 0 Å². The van der Waals surface area contributed by atoms with Gasteiger partial charge in [0.05, 0.1) is 12.2 Å². The summed E-state index contributed by atoms with van der Waals surface area (Å²) in [7, 11) is 0. The fourth-order valence-corrected chi connectivity index (χ4v) is 4.73. The fourth-order valence-electron chi connectivity index (χ4n) is 4.73. The lowest BCUT2D eigenvalue weighted by Crippen LogP contribution is -2.15. The van der Waals surface area contributed by atoms with Gasteiger partial charge in [0.1, 0.15) is 0 Å². The molecule has 184 valence electrons. The Balaban J connectivity index is 1.45. The van der Waals surface area contributed by atoms with Crippen molar-refractivity contribution in [3.63, 3.8) is 0 Å². The number of carbonyl (C=O) groups is 1. The molecule has 0 bridgehead atoms. The molecule has 0 saturated heterocycles. The second-order valence-corrected chi connectivity index (χ2v) is 8.95. The van der Waals surface area contributed by atoms with Crippen LogP contribution in [0.3, 0.4) is 0 Å². The van der Waals surface area contributed by atoms with E-state index in [1.807, 2.05) is 0 Å². The van der Waals surface area contributed by atoms with Gasteiger partial charge < -0.3 is 9.47 Å². The lowest BCUT2D eigenvalue weighted by Gasteiger charge is -2.28. The maximum atomic E-state index is 14.8. The van der Waals surface area contributed by atoms with E-state index in [9.17, 15) is 18.0 Å². The maximum absolute atomic E-state index is 14.8. The van der Waals surface area contributed by atoms with E-state index in [1.54, 1.807) is 31.2 Å². The molecule has 3 aromatic carbocycles. The molecule has 4 rings (SSSR count). The van der Waals surface area contributed by atoms with Gasteiger partial charge in [-0.2, -0.15) is 4.39 Å². The average molecular weight is 483 g/mol. The zero-order chi connectivity index (χ0) is 24.9. The van der Waals surface area contributed by atoms with Gasteiger partial charge in [-0.3, -0.25) is 0 Å². The van der Waals surface area contributed by atoms with Crippen molar-refractivity contribution >= 4 is 5.97 Å². The van der Waals surface area contributed by atoms with E-state index in [1.165, 1.54) is 30.3 Å². The Hall–Kier alpha value is -3.28. The Labute approximate surface area is 203 Å². The Morgan fingerprint density at radius 3 is 2.11 bits per heavy atom. The van der Waals surface area contributed by atoms with Gasteiger partial charge in [0.15, 0.2) is 23.1 Å². The molecule has 1 aliphatic rings. The number of esters is 1. The van der Waals surface area contributed by atoms with E-state index < -0.39 is 29.2 Å². The summed E-state index contributed by atoms with van der Waals surface area (Å²) in [6.45, 7) is 4.29. The van der Waals surface area contributed by atoms with E-state index in [0.717, 1.165) is 32.1 Å². The molecule has 0 radical (unpaired) electrons. The topological polar surface area (TPSA) is 35.5 Å². The molecule has 0 N–H and O–H groups in total. The standard InChI is InChI=1S/C29H29F3O3/c1-3-18-5-7-20(8-6-18)23-14-16-26(28(32)27(23)31)35-29(33)21-11-9-19(10-12-21)22-13-15-25(34-4-2)24(30)17-22/h9-18,20H,3-8H2,1-2H3. The number of hydrogen-bond donors (Lipinski definition) is 0. The first-order chi connectivity index (χ1) is 16.9. The molecule has 1 fully saturated rings. The summed E-state index contributed by atoms with van der Waals surface area (Å²) < 4.78 is 54.1. The molecule has 35 heavy (non-hydrogen) atoms. The Morgan fingerprint density at radius 2 is 1.49 bits per heavy atom. The quantitative estimate of drug-likeness (QED) is 0.252. The second kappa shape index (κ2) is 11.0. The summed E-state index contributed by atoms with van der Waals surface area (Å²) in [6, 6.07) is 13.8. The molecule has 3 nitrogen and oxygen atoms in total. The minimum absolute atomic E-state index is 0.0166. The molecule has 6 heteroatoms. The number of carbonyl (C=O) groups excluding carboxylic acids is 1. The highest BCUT2D eigenvalue weighted by molar-refractivity contribution is 5.91. The second-order valence-electron chi connectivity index (χ2n) is 8.95. The third-order valence-electron chi connectivity index (χ3n) is 6.83. The summed E-state index contributed by atoms with van der Waals surface area (Å²) in [4.78, 5) is 12.6. The van der Waals surface area contributed by atoms with Crippen molar-refractivity contribution in [2.75, 3.05) is 6.61 Å². The molecule has 1 aliphatic carbocycles. The van der Waals surface area contributed by atoms with E-state index in [4.69, 9.17) is 9.47 Å². The van der Waals surface area contributed by atoms with Crippen LogP contribution in [0, 0.1) is 23.4 Å². The van der Waals surface area contributed by atoms with Crippen molar-refractivity contribution in [1.82, 2.24) is 0 Å². The van der Waals surface area contributed by atoms with Gasteiger partial charge >= 0.3 is 5.97 Å². The van der Waals surface area contributed by atoms with E-state index in [2.05, 4.69) is 6.92 Å². The SMILES string of the molecule is CCOc1ccc(-c2ccc(C(=O)Oc3ccc(C4CCC(CC)CC4)c(F)c3F)cc2)cc1F. The highest BCUT2D eigenvalue weighted by atomic mass is 19.2. The van der Waals surface area contributed by atoms with Crippen LogP contribution in [0.4, 0.5) is 13.2 Å². The van der Waals surface area contributed by atoms with Gasteiger partial charge in [-0.05, 0) is 91.5 Å². The molecule has 0 spiro atoms. The van der Waals surface area contributed by atoms with Crippen LogP contribution in [-0.4, -0.2) is 12.6 Å². The number of halogens is 3. The molecule has 0 amide bonds. The lowest BCUT2D eigenvalue weighted by molar-refractivity contribution is 0.0726. The van der Waals surface area contributed by atoms with Gasteiger partial charge in [0.25, 0.3) is 0 Å². The van der Waals surface area contributed by atoms with E-state index >= 15 is 0 Å². The first kappa shape index (κ1) is 24.8. The van der Waals surface area contributed by atoms with Gasteiger partial charge in [0.2, 0.25) is 5.82 Å². The summed E-state index contributed by atoms with van der Waals surface area (Å²) in [5.41, 5.74) is 1.82. The highest BCUT2D eigenvalue weighted by Gasteiger charge is 2.26. The van der Waals surface area contributed by atoms with Crippen LogP contribution in [0.5, 0.6) is 11.5 Å². The smallest absolute Gasteiger partial charge is 0.343 e. The van der Waals surface area contributed by atoms with Gasteiger partial charge in [-0.25, -0.2) is 13.6 Å². The molecule has 3 aromatic rings. The Bertz CT molecular complexity index is 1180. The predicted molar refractivity (Wildman–Crippen MR) is 129 cm³/mol. The Kier molecular flexibility index (Phi) is 7.79. The van der Waals surface area contributed by atoms with Crippen molar-refractivity contribution in [3.8, 4) is 22.6 Å². The normalized spacial score (nSPS) is 17.7. The molecule has 1 saturated carbocycles. The van der Waals surface area contributed by atoms with Crippen molar-refractivity contribution < 1.29 is 27.4 Å². The van der Waals surface area contributed by atoms with Crippen molar-refractivity contribution in [3.05, 3.63) is 83.2 Å². The molecule has 0 atom stereocenters. The van der Waals surface area contributed by atoms with Crippen LogP contribution in [0.25, 0.3) is 11.1 Å². The molecular weight excluding hydrogens is 453 g/mol. The fraction of sp³-hybridized carbons (Fsp3) is 0.345. The molecule has 0 unspecified atom stereocenters. The monoisotopic (exact) mass is 482 g/mol. The van der Waals surface area contributed by atoms with E-state index in [-0.39, 0.29) is 17.2 Å². The van der Waals surface area contributed by atoms with Crippen molar-refractivity contribution in [1.29, 1.82) is 0 Å². The largest absolute Gasteiger partial charge is 0.491 e. The first-order valence-electron chi connectivity index (χ1n) is 12.1. The average Bonchev–Trinajstić information content (AvgIpc) is 2.88. The highest BCUT2D eigenvalue weighted by Crippen LogP contribution is 2.39.